The lowest BCUT2D eigenvalue weighted by atomic mass is 10.2. The monoisotopic (exact) mass is 183 g/mol. The van der Waals surface area contributed by atoms with Crippen LogP contribution in [0.1, 0.15) is 24.2 Å². The predicted octanol–water partition coefficient (Wildman–Crippen LogP) is 1.70. The van der Waals surface area contributed by atoms with Crippen molar-refractivity contribution in [1.29, 1.82) is 0 Å². The van der Waals surface area contributed by atoms with E-state index in [0.29, 0.717) is 5.69 Å². The third-order valence-corrected chi connectivity index (χ3v) is 1.25. The predicted molar refractivity (Wildman–Crippen MR) is 50.8 cm³/mol. The molecule has 0 aliphatic carbocycles. The van der Waals surface area contributed by atoms with Gasteiger partial charge in [0.15, 0.2) is 0 Å². The summed E-state index contributed by atoms with van der Waals surface area (Å²) < 4.78 is 0. The molecule has 0 unspecified atom stereocenters. The molecule has 1 aromatic carbocycles. The van der Waals surface area contributed by atoms with Gasteiger partial charge in [0.2, 0.25) is 0 Å². The maximum absolute atomic E-state index is 10.4. The van der Waals surface area contributed by atoms with Crippen LogP contribution in [0.15, 0.2) is 18.2 Å². The van der Waals surface area contributed by atoms with Gasteiger partial charge in [0.25, 0.3) is 0 Å². The fourth-order valence-electron chi connectivity index (χ4n) is 0.725. The summed E-state index contributed by atoms with van der Waals surface area (Å²) in [6, 6.07) is 3.89. The van der Waals surface area contributed by atoms with Crippen LogP contribution >= 0.6 is 0 Å². The second kappa shape index (κ2) is 5.03. The molecule has 4 nitrogen and oxygen atoms in total. The van der Waals surface area contributed by atoms with Gasteiger partial charge in [0.1, 0.15) is 11.3 Å². The highest BCUT2D eigenvalue weighted by molar-refractivity contribution is 5.91. The van der Waals surface area contributed by atoms with Crippen LogP contribution in [0.4, 0.5) is 5.69 Å². The first-order valence-corrected chi connectivity index (χ1v) is 3.93. The van der Waals surface area contributed by atoms with E-state index in [1.807, 2.05) is 13.8 Å². The quantitative estimate of drug-likeness (QED) is 0.457. The topological polar surface area (TPSA) is 83.5 Å². The number of hydrogen-bond donors (Lipinski definition) is 3. The largest absolute Gasteiger partial charge is 0.507 e. The van der Waals surface area contributed by atoms with Gasteiger partial charge >= 0.3 is 5.97 Å². The number of nitrogen functional groups attached to an aromatic ring is 1. The summed E-state index contributed by atoms with van der Waals surface area (Å²) in [6.45, 7) is 4.00. The molecule has 0 aliphatic rings. The fourth-order valence-corrected chi connectivity index (χ4v) is 0.725. The van der Waals surface area contributed by atoms with Gasteiger partial charge in [0, 0.05) is 5.69 Å². The van der Waals surface area contributed by atoms with E-state index in [1.54, 1.807) is 0 Å². The highest BCUT2D eigenvalue weighted by atomic mass is 16.4. The molecule has 0 saturated heterocycles. The van der Waals surface area contributed by atoms with E-state index in [1.165, 1.54) is 18.2 Å². The van der Waals surface area contributed by atoms with E-state index >= 15 is 0 Å². The second-order valence-electron chi connectivity index (χ2n) is 2.08. The molecule has 4 N–H and O–H groups in total. The average Bonchev–Trinajstić information content (AvgIpc) is 2.12. The third-order valence-electron chi connectivity index (χ3n) is 1.25. The summed E-state index contributed by atoms with van der Waals surface area (Å²) in [5, 5.41) is 17.4. The number of phenols is 1. The molecule has 0 bridgehead atoms. The molecule has 1 rings (SSSR count). The van der Waals surface area contributed by atoms with Gasteiger partial charge < -0.3 is 15.9 Å². The van der Waals surface area contributed by atoms with Crippen LogP contribution in [0.5, 0.6) is 5.75 Å². The number of rotatable bonds is 1. The molecule has 0 fully saturated rings. The van der Waals surface area contributed by atoms with E-state index in [4.69, 9.17) is 15.9 Å². The van der Waals surface area contributed by atoms with Gasteiger partial charge in [-0.1, -0.05) is 13.8 Å². The number of carboxylic acid groups (broad SMARTS) is 1. The van der Waals surface area contributed by atoms with E-state index in [-0.39, 0.29) is 11.3 Å². The smallest absolute Gasteiger partial charge is 0.339 e. The van der Waals surface area contributed by atoms with Crippen LogP contribution in [-0.2, 0) is 0 Å². The van der Waals surface area contributed by atoms with E-state index < -0.39 is 5.97 Å². The van der Waals surface area contributed by atoms with Crippen molar-refractivity contribution < 1.29 is 15.0 Å². The molecule has 0 aromatic heterocycles. The van der Waals surface area contributed by atoms with E-state index in [2.05, 4.69) is 0 Å². The highest BCUT2D eigenvalue weighted by Gasteiger charge is 2.08. The first kappa shape index (κ1) is 11.3. The molecule has 4 heteroatoms. The average molecular weight is 183 g/mol. The van der Waals surface area contributed by atoms with Crippen molar-refractivity contribution >= 4 is 11.7 Å². The lowest BCUT2D eigenvalue weighted by Crippen LogP contribution is -1.97. The van der Waals surface area contributed by atoms with Gasteiger partial charge in [0.05, 0.1) is 0 Å². The molecular weight excluding hydrogens is 170 g/mol. The number of benzene rings is 1. The van der Waals surface area contributed by atoms with E-state index in [9.17, 15) is 4.79 Å². The van der Waals surface area contributed by atoms with Crippen molar-refractivity contribution in [3.8, 4) is 5.75 Å². The highest BCUT2D eigenvalue weighted by Crippen LogP contribution is 2.18. The number of carboxylic acids is 1. The molecular formula is C9H13NO3. The molecule has 72 valence electrons. The van der Waals surface area contributed by atoms with Crippen LogP contribution in [0.3, 0.4) is 0 Å². The van der Waals surface area contributed by atoms with Crippen molar-refractivity contribution in [2.75, 3.05) is 5.73 Å². The van der Waals surface area contributed by atoms with Crippen molar-refractivity contribution in [3.63, 3.8) is 0 Å². The molecule has 0 spiro atoms. The Kier molecular flexibility index (Phi) is 4.37. The summed E-state index contributed by atoms with van der Waals surface area (Å²) >= 11 is 0. The Bertz CT molecular complexity index is 297. The summed E-state index contributed by atoms with van der Waals surface area (Å²) in [7, 11) is 0. The minimum Gasteiger partial charge on any atom is -0.507 e. The van der Waals surface area contributed by atoms with Gasteiger partial charge in [-0.2, -0.15) is 0 Å². The number of nitrogens with two attached hydrogens (primary N) is 1. The van der Waals surface area contributed by atoms with E-state index in [0.717, 1.165) is 0 Å². The van der Waals surface area contributed by atoms with Crippen LogP contribution in [0, 0.1) is 0 Å². The van der Waals surface area contributed by atoms with Crippen LogP contribution in [0.25, 0.3) is 0 Å². The van der Waals surface area contributed by atoms with Crippen molar-refractivity contribution in [2.45, 2.75) is 13.8 Å². The molecule has 0 heterocycles. The maximum atomic E-state index is 10.4. The zero-order valence-electron chi connectivity index (χ0n) is 7.61. The molecule has 13 heavy (non-hydrogen) atoms. The van der Waals surface area contributed by atoms with Crippen molar-refractivity contribution in [3.05, 3.63) is 23.8 Å². The van der Waals surface area contributed by atoms with Crippen molar-refractivity contribution in [1.82, 2.24) is 0 Å². The molecule has 0 amide bonds. The summed E-state index contributed by atoms with van der Waals surface area (Å²) in [5.41, 5.74) is 5.43. The summed E-state index contributed by atoms with van der Waals surface area (Å²) in [5.74, 6) is -1.46. The fraction of sp³-hybridized carbons (Fsp3) is 0.222. The van der Waals surface area contributed by atoms with Crippen LogP contribution < -0.4 is 5.73 Å². The molecule has 0 aliphatic heterocycles. The minimum absolute atomic E-state index is 0.176. The summed E-state index contributed by atoms with van der Waals surface area (Å²) in [6.07, 6.45) is 0. The van der Waals surface area contributed by atoms with Crippen molar-refractivity contribution in [2.24, 2.45) is 0 Å². The van der Waals surface area contributed by atoms with Gasteiger partial charge in [-0.25, -0.2) is 4.79 Å². The Morgan fingerprint density at radius 3 is 2.31 bits per heavy atom. The maximum Gasteiger partial charge on any atom is 0.339 e. The Hall–Kier alpha value is -1.71. The van der Waals surface area contributed by atoms with Gasteiger partial charge in [-0.3, -0.25) is 0 Å². The zero-order chi connectivity index (χ0) is 10.4. The standard InChI is InChI=1S/C7H7NO3.C2H6/c8-4-1-2-6(9)5(3-4)7(10)11;1-2/h1-3,9H,8H2,(H,10,11);1-2H3. The number of carbonyl (C=O) groups is 1. The zero-order valence-corrected chi connectivity index (χ0v) is 7.61. The number of aromatic carboxylic acids is 1. The van der Waals surface area contributed by atoms with Gasteiger partial charge in [-0.05, 0) is 18.2 Å². The van der Waals surface area contributed by atoms with Crippen LogP contribution in [-0.4, -0.2) is 16.2 Å². The first-order chi connectivity index (χ1) is 6.11. The van der Waals surface area contributed by atoms with Gasteiger partial charge in [-0.15, -0.1) is 0 Å². The Morgan fingerprint density at radius 1 is 1.38 bits per heavy atom. The van der Waals surface area contributed by atoms with Crippen LogP contribution in [0.2, 0.25) is 0 Å². The third kappa shape index (κ3) is 3.02. The Balaban J connectivity index is 0.000000671. The molecule has 0 saturated carbocycles. The SMILES string of the molecule is CC.Nc1ccc(O)c(C(=O)O)c1. The minimum atomic E-state index is -1.19. The Labute approximate surface area is 76.6 Å². The normalized spacial score (nSPS) is 8.46. The Morgan fingerprint density at radius 2 is 1.92 bits per heavy atom. The molecule has 1 aromatic rings. The number of hydrogen-bond acceptors (Lipinski definition) is 3. The number of aromatic hydroxyl groups is 1. The number of anilines is 1. The summed E-state index contributed by atoms with van der Waals surface area (Å²) in [4.78, 5) is 10.4. The lowest BCUT2D eigenvalue weighted by molar-refractivity contribution is 0.0694. The molecule has 0 radical (unpaired) electrons. The first-order valence-electron chi connectivity index (χ1n) is 3.93. The second-order valence-corrected chi connectivity index (χ2v) is 2.08. The molecule has 0 atom stereocenters. The lowest BCUT2D eigenvalue weighted by Gasteiger charge is -1.98.